The molecule has 0 atom stereocenters. The molecule has 0 fully saturated rings. The third-order valence-corrected chi connectivity index (χ3v) is 5.24. The monoisotopic (exact) mass is 456 g/mol. The van der Waals surface area contributed by atoms with Crippen LogP contribution in [0.1, 0.15) is 0 Å². The van der Waals surface area contributed by atoms with Crippen LogP contribution in [0.5, 0.6) is 5.75 Å². The largest absolute Gasteiger partial charge is 0.489 e. The summed E-state index contributed by atoms with van der Waals surface area (Å²) >= 11 is 9.20. The van der Waals surface area contributed by atoms with E-state index in [1.165, 1.54) is 16.4 Å². The summed E-state index contributed by atoms with van der Waals surface area (Å²) in [5.41, 5.74) is 0.965. The number of nitrogens with zero attached hydrogens (tertiary/aromatic N) is 3. The number of ether oxygens (including phenoxy) is 1. The van der Waals surface area contributed by atoms with Crippen LogP contribution in [0.2, 0.25) is 5.28 Å². The standard InChI is InChI=1S/C16H14BrClN4O3S/c1-3-8-25-13-5-4-12(20-15-11(17)9-19-16(18)21-15)14-10(13)6-7-22(14)26(2,23)24/h3-7,9H,1,8H2,2H3,(H,19,20,21). The maximum atomic E-state index is 12.2. The predicted octanol–water partition coefficient (Wildman–Crippen LogP) is 3.96. The van der Waals surface area contributed by atoms with Crippen LogP contribution in [-0.2, 0) is 10.0 Å². The fourth-order valence-corrected chi connectivity index (χ4v) is 3.65. The maximum absolute atomic E-state index is 12.2. The molecule has 0 saturated carbocycles. The third-order valence-electron chi connectivity index (χ3n) is 3.46. The third kappa shape index (κ3) is 3.69. The molecule has 0 aliphatic heterocycles. The first-order valence-electron chi connectivity index (χ1n) is 7.34. The van der Waals surface area contributed by atoms with Crippen LogP contribution in [0.25, 0.3) is 10.9 Å². The molecule has 0 bridgehead atoms. The molecule has 3 rings (SSSR count). The molecule has 2 heterocycles. The molecule has 0 aliphatic carbocycles. The van der Waals surface area contributed by atoms with Crippen molar-refractivity contribution in [3.05, 3.63) is 53.0 Å². The Hall–Kier alpha value is -2.10. The van der Waals surface area contributed by atoms with E-state index in [1.807, 2.05) is 0 Å². The molecule has 1 N–H and O–H groups in total. The van der Waals surface area contributed by atoms with Gasteiger partial charge in [0.25, 0.3) is 0 Å². The molecule has 2 aromatic heterocycles. The van der Waals surface area contributed by atoms with E-state index in [9.17, 15) is 8.42 Å². The van der Waals surface area contributed by atoms with Gasteiger partial charge < -0.3 is 10.1 Å². The Bertz CT molecular complexity index is 1100. The number of halogens is 2. The highest BCUT2D eigenvalue weighted by Crippen LogP contribution is 2.36. The Balaban J connectivity index is 2.20. The van der Waals surface area contributed by atoms with Gasteiger partial charge in [-0.3, -0.25) is 0 Å². The van der Waals surface area contributed by atoms with Gasteiger partial charge >= 0.3 is 0 Å². The Labute approximate surface area is 163 Å². The molecule has 0 amide bonds. The van der Waals surface area contributed by atoms with Gasteiger partial charge in [0.2, 0.25) is 15.3 Å². The van der Waals surface area contributed by atoms with Gasteiger partial charge in [-0.2, -0.15) is 4.98 Å². The highest BCUT2D eigenvalue weighted by molar-refractivity contribution is 9.10. The number of aromatic nitrogens is 3. The van der Waals surface area contributed by atoms with Gasteiger partial charge in [0, 0.05) is 17.8 Å². The molecule has 0 unspecified atom stereocenters. The molecule has 0 saturated heterocycles. The van der Waals surface area contributed by atoms with Gasteiger partial charge in [-0.1, -0.05) is 12.7 Å². The summed E-state index contributed by atoms with van der Waals surface area (Å²) in [6.45, 7) is 3.93. The maximum Gasteiger partial charge on any atom is 0.236 e. The number of hydrogen-bond acceptors (Lipinski definition) is 6. The summed E-state index contributed by atoms with van der Waals surface area (Å²) in [4.78, 5) is 7.99. The molecule has 0 radical (unpaired) electrons. The van der Waals surface area contributed by atoms with E-state index in [-0.39, 0.29) is 5.28 Å². The number of benzene rings is 1. The zero-order valence-corrected chi connectivity index (χ0v) is 16.8. The van der Waals surface area contributed by atoms with Gasteiger partial charge in [0.05, 0.1) is 21.9 Å². The smallest absolute Gasteiger partial charge is 0.236 e. The minimum Gasteiger partial charge on any atom is -0.489 e. The van der Waals surface area contributed by atoms with Crippen molar-refractivity contribution in [2.75, 3.05) is 18.2 Å². The lowest BCUT2D eigenvalue weighted by Gasteiger charge is -2.13. The molecule has 0 aliphatic rings. The average molecular weight is 458 g/mol. The van der Waals surface area contributed by atoms with Crippen molar-refractivity contribution in [2.24, 2.45) is 0 Å². The highest BCUT2D eigenvalue weighted by Gasteiger charge is 2.18. The summed E-state index contributed by atoms with van der Waals surface area (Å²) < 4.78 is 31.8. The molecule has 0 spiro atoms. The quantitative estimate of drug-likeness (QED) is 0.445. The van der Waals surface area contributed by atoms with Gasteiger partial charge in [0.15, 0.2) is 0 Å². The topological polar surface area (TPSA) is 86.1 Å². The van der Waals surface area contributed by atoms with Crippen LogP contribution in [0.4, 0.5) is 11.5 Å². The Morgan fingerprint density at radius 2 is 2.19 bits per heavy atom. The van der Waals surface area contributed by atoms with E-state index in [4.69, 9.17) is 16.3 Å². The number of hydrogen-bond donors (Lipinski definition) is 1. The van der Waals surface area contributed by atoms with E-state index < -0.39 is 10.0 Å². The van der Waals surface area contributed by atoms with E-state index in [0.717, 1.165) is 6.26 Å². The first-order valence-corrected chi connectivity index (χ1v) is 10.4. The van der Waals surface area contributed by atoms with Crippen molar-refractivity contribution in [3.8, 4) is 5.75 Å². The summed E-state index contributed by atoms with van der Waals surface area (Å²) in [5, 5.41) is 3.80. The fourth-order valence-electron chi connectivity index (χ4n) is 2.42. The number of anilines is 2. The van der Waals surface area contributed by atoms with Crippen LogP contribution >= 0.6 is 27.5 Å². The molecule has 26 heavy (non-hydrogen) atoms. The first kappa shape index (κ1) is 18.7. The fraction of sp³-hybridized carbons (Fsp3) is 0.125. The Kier molecular flexibility index (Phi) is 5.22. The van der Waals surface area contributed by atoms with Crippen LogP contribution in [-0.4, -0.2) is 35.2 Å². The molecule has 7 nitrogen and oxygen atoms in total. The molecule has 10 heteroatoms. The van der Waals surface area contributed by atoms with Crippen molar-refractivity contribution in [1.29, 1.82) is 0 Å². The van der Waals surface area contributed by atoms with E-state index in [2.05, 4.69) is 37.8 Å². The highest BCUT2D eigenvalue weighted by atomic mass is 79.9. The van der Waals surface area contributed by atoms with E-state index in [0.29, 0.717) is 39.2 Å². The van der Waals surface area contributed by atoms with Gasteiger partial charge in [0.1, 0.15) is 18.2 Å². The zero-order valence-electron chi connectivity index (χ0n) is 13.6. The first-order chi connectivity index (χ1) is 12.3. The molecular weight excluding hydrogens is 444 g/mol. The second-order valence-electron chi connectivity index (χ2n) is 5.31. The van der Waals surface area contributed by atoms with Crippen LogP contribution in [0.15, 0.2) is 47.7 Å². The second-order valence-corrected chi connectivity index (χ2v) is 8.36. The predicted molar refractivity (Wildman–Crippen MR) is 106 cm³/mol. The minimum absolute atomic E-state index is 0.0661. The lowest BCUT2D eigenvalue weighted by atomic mass is 10.2. The van der Waals surface area contributed by atoms with E-state index in [1.54, 1.807) is 24.3 Å². The van der Waals surface area contributed by atoms with Crippen molar-refractivity contribution in [3.63, 3.8) is 0 Å². The summed E-state index contributed by atoms with van der Waals surface area (Å²) in [6, 6.07) is 5.14. The van der Waals surface area contributed by atoms with Gasteiger partial charge in [-0.05, 0) is 45.7 Å². The lowest BCUT2D eigenvalue weighted by molar-refractivity contribution is 0.367. The minimum atomic E-state index is -3.53. The van der Waals surface area contributed by atoms with Crippen LogP contribution < -0.4 is 10.1 Å². The zero-order chi connectivity index (χ0) is 18.9. The summed E-state index contributed by atoms with van der Waals surface area (Å²) in [5.74, 6) is 0.958. The van der Waals surface area contributed by atoms with Crippen molar-refractivity contribution in [1.82, 2.24) is 13.9 Å². The normalized spacial score (nSPS) is 11.5. The van der Waals surface area contributed by atoms with E-state index >= 15 is 0 Å². The summed E-state index contributed by atoms with van der Waals surface area (Å²) in [6.07, 6.45) is 5.73. The Morgan fingerprint density at radius 3 is 2.88 bits per heavy atom. The van der Waals surface area contributed by atoms with Crippen molar-refractivity contribution in [2.45, 2.75) is 0 Å². The summed E-state index contributed by atoms with van der Waals surface area (Å²) in [7, 11) is -3.53. The van der Waals surface area contributed by atoms with Gasteiger partial charge in [-0.15, -0.1) is 0 Å². The number of nitrogens with one attached hydrogen (secondary N) is 1. The number of rotatable bonds is 6. The average Bonchev–Trinajstić information content (AvgIpc) is 3.03. The van der Waals surface area contributed by atoms with Crippen molar-refractivity contribution >= 4 is 60.0 Å². The molecular formula is C16H14BrClN4O3S. The van der Waals surface area contributed by atoms with Crippen LogP contribution in [0.3, 0.4) is 0 Å². The second kappa shape index (κ2) is 7.26. The molecule has 3 aromatic rings. The van der Waals surface area contributed by atoms with Crippen molar-refractivity contribution < 1.29 is 13.2 Å². The van der Waals surface area contributed by atoms with Gasteiger partial charge in [-0.25, -0.2) is 17.4 Å². The van der Waals surface area contributed by atoms with Crippen LogP contribution in [0, 0.1) is 0 Å². The number of fused-ring (bicyclic) bond motifs is 1. The Morgan fingerprint density at radius 1 is 1.42 bits per heavy atom. The lowest BCUT2D eigenvalue weighted by Crippen LogP contribution is -2.10. The molecule has 136 valence electrons. The SMILES string of the molecule is C=CCOc1ccc(Nc2nc(Cl)ncc2Br)c2c1ccn2S(C)(=O)=O. The molecule has 1 aromatic carbocycles.